The van der Waals surface area contributed by atoms with Crippen molar-refractivity contribution in [2.75, 3.05) is 5.75 Å². The van der Waals surface area contributed by atoms with E-state index in [4.69, 9.17) is 0 Å². The maximum Gasteiger partial charge on any atom is 0.211 e. The first kappa shape index (κ1) is 13.8. The monoisotopic (exact) mass is 214 g/mol. The van der Waals surface area contributed by atoms with Gasteiger partial charge in [-0.05, 0) is 24.2 Å². The molecule has 0 N–H and O–H groups in total. The largest absolute Gasteiger partial charge is 0.282 e. The topological polar surface area (TPSA) is 17.1 Å². The zero-order valence-electron chi connectivity index (χ0n) is 9.58. The molecule has 0 aliphatic heterocycles. The fourth-order valence-electron chi connectivity index (χ4n) is 1.26. The summed E-state index contributed by atoms with van der Waals surface area (Å²) in [5.41, 5.74) is 0. The molecule has 0 saturated heterocycles. The van der Waals surface area contributed by atoms with Gasteiger partial charge in [0, 0.05) is 0 Å². The van der Waals surface area contributed by atoms with Crippen LogP contribution in [0.2, 0.25) is 0 Å². The number of unbranched alkanes of at least 4 members (excludes halogenated alkanes) is 1. The average Bonchev–Trinajstić information content (AvgIpc) is 2.15. The number of rotatable bonds is 7. The van der Waals surface area contributed by atoms with Gasteiger partial charge in [0.1, 0.15) is 0 Å². The molecular weight excluding hydrogens is 192 g/mol. The van der Waals surface area contributed by atoms with Crippen LogP contribution >= 0.6 is 11.8 Å². The molecule has 14 heavy (non-hydrogen) atoms. The van der Waals surface area contributed by atoms with Crippen molar-refractivity contribution in [3.63, 3.8) is 0 Å². The van der Waals surface area contributed by atoms with Gasteiger partial charge in [0.05, 0.1) is 0 Å². The van der Waals surface area contributed by atoms with Crippen molar-refractivity contribution in [1.82, 2.24) is 0 Å². The van der Waals surface area contributed by atoms with Crippen molar-refractivity contribution >= 4 is 16.9 Å². The molecule has 0 saturated carbocycles. The molecular formula is C12H22OS. The van der Waals surface area contributed by atoms with Crippen LogP contribution in [0.4, 0.5) is 0 Å². The Bertz CT molecular complexity index is 175. The van der Waals surface area contributed by atoms with E-state index in [9.17, 15) is 4.79 Å². The molecule has 0 aromatic rings. The number of allylic oxidation sites excluding steroid dienone is 1. The van der Waals surface area contributed by atoms with Gasteiger partial charge in [-0.1, -0.05) is 57.9 Å². The highest BCUT2D eigenvalue weighted by molar-refractivity contribution is 8.14. The van der Waals surface area contributed by atoms with E-state index in [1.165, 1.54) is 31.0 Å². The molecule has 0 bridgehead atoms. The summed E-state index contributed by atoms with van der Waals surface area (Å²) in [4.78, 5) is 11.1. The lowest BCUT2D eigenvalue weighted by Gasteiger charge is -2.06. The van der Waals surface area contributed by atoms with Gasteiger partial charge in [-0.25, -0.2) is 0 Å². The molecule has 0 aromatic carbocycles. The van der Waals surface area contributed by atoms with Crippen molar-refractivity contribution in [3.05, 3.63) is 12.2 Å². The molecule has 0 heterocycles. The second kappa shape index (κ2) is 9.32. The van der Waals surface area contributed by atoms with E-state index in [0.29, 0.717) is 5.92 Å². The summed E-state index contributed by atoms with van der Waals surface area (Å²) >= 11 is 1.38. The van der Waals surface area contributed by atoms with Gasteiger partial charge in [0.25, 0.3) is 0 Å². The first-order valence-electron chi connectivity index (χ1n) is 5.54. The first-order valence-corrected chi connectivity index (χ1v) is 6.52. The molecule has 1 nitrogen and oxygen atoms in total. The first-order chi connectivity index (χ1) is 6.70. The minimum absolute atomic E-state index is 0.190. The molecule has 0 radical (unpaired) electrons. The summed E-state index contributed by atoms with van der Waals surface area (Å²) in [6.07, 6.45) is 8.61. The molecule has 0 fully saturated rings. The normalized spacial score (nSPS) is 13.4. The third-order valence-electron chi connectivity index (χ3n) is 2.13. The van der Waals surface area contributed by atoms with Gasteiger partial charge in [0.15, 0.2) is 0 Å². The minimum Gasteiger partial charge on any atom is -0.282 e. The molecule has 0 aliphatic rings. The predicted octanol–water partition coefficient (Wildman–Crippen LogP) is 4.04. The maximum atomic E-state index is 11.1. The quantitative estimate of drug-likeness (QED) is 0.595. The highest BCUT2D eigenvalue weighted by Gasteiger charge is 1.99. The van der Waals surface area contributed by atoms with E-state index >= 15 is 0 Å². The molecule has 1 atom stereocenters. The van der Waals surface area contributed by atoms with Crippen LogP contribution in [-0.2, 0) is 4.79 Å². The van der Waals surface area contributed by atoms with Crippen LogP contribution in [0, 0.1) is 5.92 Å². The summed E-state index contributed by atoms with van der Waals surface area (Å²) in [5, 5.41) is 0.190. The summed E-state index contributed by atoms with van der Waals surface area (Å²) in [7, 11) is 0. The zero-order chi connectivity index (χ0) is 10.8. The average molecular weight is 214 g/mol. The van der Waals surface area contributed by atoms with E-state index in [2.05, 4.69) is 13.8 Å². The van der Waals surface area contributed by atoms with Crippen molar-refractivity contribution < 1.29 is 4.79 Å². The number of hydrogen-bond donors (Lipinski definition) is 0. The summed E-state index contributed by atoms with van der Waals surface area (Å²) in [5.74, 6) is 1.58. The minimum atomic E-state index is 0.190. The van der Waals surface area contributed by atoms with Crippen molar-refractivity contribution in [1.29, 1.82) is 0 Å². The van der Waals surface area contributed by atoms with Crippen LogP contribution in [0.5, 0.6) is 0 Å². The SMILES string of the molecule is CCCC[C@H](C)C/C=C/C(=O)SCC. The third-order valence-corrected chi connectivity index (χ3v) is 2.84. The van der Waals surface area contributed by atoms with Gasteiger partial charge >= 0.3 is 0 Å². The highest BCUT2D eigenvalue weighted by Crippen LogP contribution is 2.12. The molecule has 0 unspecified atom stereocenters. The van der Waals surface area contributed by atoms with Gasteiger partial charge in [0.2, 0.25) is 5.12 Å². The van der Waals surface area contributed by atoms with Crippen molar-refractivity contribution in [2.45, 2.75) is 46.5 Å². The van der Waals surface area contributed by atoms with Crippen LogP contribution < -0.4 is 0 Å². The smallest absolute Gasteiger partial charge is 0.211 e. The van der Waals surface area contributed by atoms with Crippen LogP contribution in [-0.4, -0.2) is 10.9 Å². The third kappa shape index (κ3) is 8.36. The molecule has 0 amide bonds. The van der Waals surface area contributed by atoms with Crippen molar-refractivity contribution in [2.24, 2.45) is 5.92 Å². The lowest BCUT2D eigenvalue weighted by molar-refractivity contribution is -0.107. The zero-order valence-corrected chi connectivity index (χ0v) is 10.4. The Balaban J connectivity index is 3.54. The predicted molar refractivity (Wildman–Crippen MR) is 65.6 cm³/mol. The second-order valence-corrected chi connectivity index (χ2v) is 4.91. The highest BCUT2D eigenvalue weighted by atomic mass is 32.2. The molecule has 0 aliphatic carbocycles. The van der Waals surface area contributed by atoms with Gasteiger partial charge in [-0.2, -0.15) is 0 Å². The number of hydrogen-bond acceptors (Lipinski definition) is 2. The Morgan fingerprint density at radius 1 is 1.43 bits per heavy atom. The Morgan fingerprint density at radius 2 is 2.14 bits per heavy atom. The Morgan fingerprint density at radius 3 is 2.71 bits per heavy atom. The van der Waals surface area contributed by atoms with Crippen molar-refractivity contribution in [3.8, 4) is 0 Å². The fourth-order valence-corrected chi connectivity index (χ4v) is 1.73. The van der Waals surface area contributed by atoms with Crippen LogP contribution in [0.1, 0.15) is 46.5 Å². The standard InChI is InChI=1S/C12H22OS/c1-4-6-8-11(3)9-7-10-12(13)14-5-2/h7,10-11H,4-6,8-9H2,1-3H3/b10-7+/t11-/m0/s1. The summed E-state index contributed by atoms with van der Waals surface area (Å²) < 4.78 is 0. The van der Waals surface area contributed by atoms with E-state index in [1.54, 1.807) is 6.08 Å². The van der Waals surface area contributed by atoms with E-state index in [1.807, 2.05) is 13.0 Å². The molecule has 82 valence electrons. The Labute approximate surface area is 92.3 Å². The second-order valence-electron chi connectivity index (χ2n) is 3.64. The van der Waals surface area contributed by atoms with Gasteiger partial charge < -0.3 is 0 Å². The van der Waals surface area contributed by atoms with Gasteiger partial charge in [-0.15, -0.1) is 0 Å². The maximum absolute atomic E-state index is 11.1. The molecule has 0 spiro atoms. The lowest BCUT2D eigenvalue weighted by Crippen LogP contribution is -1.93. The summed E-state index contributed by atoms with van der Waals surface area (Å²) in [6, 6.07) is 0. The Kier molecular flexibility index (Phi) is 9.16. The van der Waals surface area contributed by atoms with Crippen LogP contribution in [0.3, 0.4) is 0 Å². The number of carbonyl (C=O) groups is 1. The van der Waals surface area contributed by atoms with E-state index in [0.717, 1.165) is 12.2 Å². The summed E-state index contributed by atoms with van der Waals surface area (Å²) in [6.45, 7) is 6.46. The number of carbonyl (C=O) groups excluding carboxylic acids is 1. The van der Waals surface area contributed by atoms with Crippen LogP contribution in [0.25, 0.3) is 0 Å². The number of thioether (sulfide) groups is 1. The van der Waals surface area contributed by atoms with Crippen LogP contribution in [0.15, 0.2) is 12.2 Å². The van der Waals surface area contributed by atoms with E-state index < -0.39 is 0 Å². The van der Waals surface area contributed by atoms with Gasteiger partial charge in [-0.3, -0.25) is 4.79 Å². The lowest BCUT2D eigenvalue weighted by atomic mass is 10.0. The van der Waals surface area contributed by atoms with E-state index in [-0.39, 0.29) is 5.12 Å². The molecule has 2 heteroatoms. The fraction of sp³-hybridized carbons (Fsp3) is 0.750. The molecule has 0 rings (SSSR count). The Hall–Kier alpha value is -0.240. The molecule has 0 aromatic heterocycles.